The molecule has 0 aromatic carbocycles. The summed E-state index contributed by atoms with van der Waals surface area (Å²) in [6, 6.07) is 0. The van der Waals surface area contributed by atoms with Gasteiger partial charge in [0.2, 0.25) is 0 Å². The molecule has 4 nitrogen and oxygen atoms in total. The van der Waals surface area contributed by atoms with Gasteiger partial charge in [-0.3, -0.25) is 0 Å². The Morgan fingerprint density at radius 1 is 0.750 bits per heavy atom. The summed E-state index contributed by atoms with van der Waals surface area (Å²) in [7, 11) is 0. The number of hydrogen-bond donors (Lipinski definition) is 0. The number of hydrogen-bond acceptors (Lipinski definition) is 4. The van der Waals surface area contributed by atoms with Crippen LogP contribution in [0.5, 0.6) is 0 Å². The molecule has 0 aliphatic rings. The summed E-state index contributed by atoms with van der Waals surface area (Å²) in [5, 5.41) is 0. The van der Waals surface area contributed by atoms with Crippen LogP contribution in [0.4, 0.5) is 0 Å². The van der Waals surface area contributed by atoms with Gasteiger partial charge in [-0.1, -0.05) is 6.92 Å². The zero-order valence-corrected chi connectivity index (χ0v) is 7.88. The Bertz CT molecular complexity index is 67.5. The Kier molecular flexibility index (Phi) is 10.7. The molecule has 0 aliphatic heterocycles. The van der Waals surface area contributed by atoms with Crippen molar-refractivity contribution < 1.29 is 18.9 Å². The van der Waals surface area contributed by atoms with Gasteiger partial charge >= 0.3 is 0 Å². The average molecular weight is 178 g/mol. The van der Waals surface area contributed by atoms with Gasteiger partial charge in [-0.25, -0.2) is 0 Å². The summed E-state index contributed by atoms with van der Waals surface area (Å²) in [5.74, 6) is 0. The predicted octanol–water partition coefficient (Wildman–Crippen LogP) is 1.36. The molecule has 0 radical (unpaired) electrons. The quantitative estimate of drug-likeness (QED) is 0.394. The minimum Gasteiger partial charge on any atom is -0.356 e. The summed E-state index contributed by atoms with van der Waals surface area (Å²) in [6.45, 7) is 6.14. The third kappa shape index (κ3) is 9.84. The van der Waals surface area contributed by atoms with Crippen molar-refractivity contribution in [3.05, 3.63) is 0 Å². The maximum atomic E-state index is 5.05. The average Bonchev–Trinajstić information content (AvgIpc) is 2.10. The highest BCUT2D eigenvalue weighted by atomic mass is 16.8. The van der Waals surface area contributed by atoms with E-state index in [1.807, 2.05) is 13.8 Å². The molecule has 4 heteroatoms. The molecule has 0 N–H and O–H groups in total. The molecule has 0 heterocycles. The molecule has 0 saturated heterocycles. The Labute approximate surface area is 73.7 Å². The minimum absolute atomic E-state index is 0.226. The van der Waals surface area contributed by atoms with Gasteiger partial charge in [-0.05, 0) is 13.3 Å². The second-order valence-corrected chi connectivity index (χ2v) is 2.16. The van der Waals surface area contributed by atoms with Crippen LogP contribution in [0.3, 0.4) is 0 Å². The molecular weight excluding hydrogens is 160 g/mol. The SMILES string of the molecule is CCCOCOCOCOCC. The molecule has 12 heavy (non-hydrogen) atoms. The highest BCUT2D eigenvalue weighted by Gasteiger charge is 1.87. The van der Waals surface area contributed by atoms with E-state index in [1.165, 1.54) is 0 Å². The summed E-state index contributed by atoms with van der Waals surface area (Å²) < 4.78 is 19.9. The van der Waals surface area contributed by atoms with Crippen LogP contribution in [0.15, 0.2) is 0 Å². The molecule has 0 atom stereocenters. The molecule has 74 valence electrons. The Balaban J connectivity index is 2.73. The minimum atomic E-state index is 0.226. The molecular formula is C8H18O4. The third-order valence-corrected chi connectivity index (χ3v) is 1.05. The highest BCUT2D eigenvalue weighted by molar-refractivity contribution is 4.18. The lowest BCUT2D eigenvalue weighted by Gasteiger charge is -2.05. The van der Waals surface area contributed by atoms with Crippen LogP contribution in [-0.4, -0.2) is 33.6 Å². The van der Waals surface area contributed by atoms with E-state index < -0.39 is 0 Å². The second kappa shape index (κ2) is 10.8. The first-order valence-electron chi connectivity index (χ1n) is 4.22. The first-order valence-corrected chi connectivity index (χ1v) is 4.22. The normalized spacial score (nSPS) is 10.5. The summed E-state index contributed by atoms with van der Waals surface area (Å²) in [5.41, 5.74) is 0. The first kappa shape index (κ1) is 11.8. The van der Waals surface area contributed by atoms with Gasteiger partial charge in [0.05, 0.1) is 0 Å². The van der Waals surface area contributed by atoms with Crippen molar-refractivity contribution in [1.82, 2.24) is 0 Å². The molecule has 0 unspecified atom stereocenters. The Morgan fingerprint density at radius 2 is 1.33 bits per heavy atom. The number of rotatable bonds is 9. The molecule has 0 saturated carbocycles. The maximum Gasteiger partial charge on any atom is 0.152 e. The van der Waals surface area contributed by atoms with Crippen LogP contribution >= 0.6 is 0 Å². The fourth-order valence-electron chi connectivity index (χ4n) is 0.531. The zero-order valence-electron chi connectivity index (χ0n) is 7.88. The van der Waals surface area contributed by atoms with E-state index in [4.69, 9.17) is 18.9 Å². The van der Waals surface area contributed by atoms with E-state index in [0.29, 0.717) is 13.4 Å². The van der Waals surface area contributed by atoms with Gasteiger partial charge in [0.1, 0.15) is 13.6 Å². The standard InChI is InChI=1S/C8H18O4/c1-3-5-10-7-12-8-11-6-9-4-2/h3-8H2,1-2H3. The third-order valence-electron chi connectivity index (χ3n) is 1.05. The smallest absolute Gasteiger partial charge is 0.152 e. The van der Waals surface area contributed by atoms with Crippen LogP contribution in [0, 0.1) is 0 Å². The Hall–Kier alpha value is -0.160. The van der Waals surface area contributed by atoms with Crippen LogP contribution in [0.2, 0.25) is 0 Å². The summed E-state index contributed by atoms with van der Waals surface area (Å²) in [6.07, 6.45) is 1.00. The zero-order chi connectivity index (χ0) is 9.07. The van der Waals surface area contributed by atoms with Crippen molar-refractivity contribution in [3.8, 4) is 0 Å². The Morgan fingerprint density at radius 3 is 1.92 bits per heavy atom. The molecule has 0 amide bonds. The van der Waals surface area contributed by atoms with Gasteiger partial charge in [-0.2, -0.15) is 0 Å². The molecule has 0 aromatic rings. The topological polar surface area (TPSA) is 36.9 Å². The van der Waals surface area contributed by atoms with Crippen LogP contribution < -0.4 is 0 Å². The summed E-state index contributed by atoms with van der Waals surface area (Å²) >= 11 is 0. The molecule has 0 aliphatic carbocycles. The first-order chi connectivity index (χ1) is 5.91. The van der Waals surface area contributed by atoms with E-state index in [1.54, 1.807) is 0 Å². The lowest BCUT2D eigenvalue weighted by atomic mass is 10.5. The number of ether oxygens (including phenoxy) is 4. The predicted molar refractivity (Wildman–Crippen MR) is 44.6 cm³/mol. The lowest BCUT2D eigenvalue weighted by Crippen LogP contribution is -2.07. The van der Waals surface area contributed by atoms with E-state index >= 15 is 0 Å². The summed E-state index contributed by atoms with van der Waals surface area (Å²) in [4.78, 5) is 0. The van der Waals surface area contributed by atoms with Crippen molar-refractivity contribution in [1.29, 1.82) is 0 Å². The van der Waals surface area contributed by atoms with Gasteiger partial charge in [0, 0.05) is 13.2 Å². The fraction of sp³-hybridized carbons (Fsp3) is 1.00. The lowest BCUT2D eigenvalue weighted by molar-refractivity contribution is -0.168. The van der Waals surface area contributed by atoms with E-state index in [9.17, 15) is 0 Å². The fourth-order valence-corrected chi connectivity index (χ4v) is 0.531. The van der Waals surface area contributed by atoms with Crippen LogP contribution in [0.1, 0.15) is 20.3 Å². The molecule has 0 spiro atoms. The van der Waals surface area contributed by atoms with Crippen molar-refractivity contribution in [2.75, 3.05) is 33.6 Å². The van der Waals surface area contributed by atoms with Gasteiger partial charge in [-0.15, -0.1) is 0 Å². The largest absolute Gasteiger partial charge is 0.356 e. The van der Waals surface area contributed by atoms with E-state index in [0.717, 1.165) is 13.0 Å². The molecule has 0 fully saturated rings. The van der Waals surface area contributed by atoms with E-state index in [-0.39, 0.29) is 13.6 Å². The maximum absolute atomic E-state index is 5.05. The molecule has 0 aromatic heterocycles. The highest BCUT2D eigenvalue weighted by Crippen LogP contribution is 1.83. The van der Waals surface area contributed by atoms with Crippen LogP contribution in [-0.2, 0) is 18.9 Å². The molecule has 0 bridgehead atoms. The second-order valence-electron chi connectivity index (χ2n) is 2.16. The van der Waals surface area contributed by atoms with E-state index in [2.05, 4.69) is 0 Å². The van der Waals surface area contributed by atoms with Gasteiger partial charge in [0.25, 0.3) is 0 Å². The monoisotopic (exact) mass is 178 g/mol. The van der Waals surface area contributed by atoms with Crippen molar-refractivity contribution in [3.63, 3.8) is 0 Å². The van der Waals surface area contributed by atoms with Crippen LogP contribution in [0.25, 0.3) is 0 Å². The molecule has 0 rings (SSSR count). The van der Waals surface area contributed by atoms with Gasteiger partial charge < -0.3 is 18.9 Å². The van der Waals surface area contributed by atoms with Crippen molar-refractivity contribution >= 4 is 0 Å². The van der Waals surface area contributed by atoms with Gasteiger partial charge in [0.15, 0.2) is 6.79 Å². The van der Waals surface area contributed by atoms with Crippen molar-refractivity contribution in [2.45, 2.75) is 20.3 Å². The van der Waals surface area contributed by atoms with Crippen molar-refractivity contribution in [2.24, 2.45) is 0 Å².